The molecule has 0 aromatic heterocycles. The van der Waals surface area contributed by atoms with Crippen molar-refractivity contribution < 1.29 is 14.0 Å². The molecular formula is C20H26FN3O2S. The highest BCUT2D eigenvalue weighted by molar-refractivity contribution is 7.99. The van der Waals surface area contributed by atoms with Crippen molar-refractivity contribution in [3.8, 4) is 0 Å². The number of amides is 2. The minimum absolute atomic E-state index is 0.00189. The van der Waals surface area contributed by atoms with Gasteiger partial charge in [-0.1, -0.05) is 18.2 Å². The van der Waals surface area contributed by atoms with Gasteiger partial charge in [0, 0.05) is 32.2 Å². The van der Waals surface area contributed by atoms with Gasteiger partial charge in [-0.25, -0.2) is 4.39 Å². The second-order valence-corrected chi connectivity index (χ2v) is 9.10. The van der Waals surface area contributed by atoms with Crippen molar-refractivity contribution >= 4 is 23.6 Å². The summed E-state index contributed by atoms with van der Waals surface area (Å²) in [5.74, 6) is 1.97. The van der Waals surface area contributed by atoms with Gasteiger partial charge in [-0.3, -0.25) is 14.5 Å². The molecule has 1 aromatic rings. The minimum atomic E-state index is -0.621. The van der Waals surface area contributed by atoms with Crippen LogP contribution in [0.4, 0.5) is 4.39 Å². The summed E-state index contributed by atoms with van der Waals surface area (Å²) in [4.78, 5) is 29.2. The molecule has 3 saturated heterocycles. The van der Waals surface area contributed by atoms with Crippen LogP contribution in [0.5, 0.6) is 0 Å². The first kappa shape index (κ1) is 18.7. The van der Waals surface area contributed by atoms with Gasteiger partial charge in [0.1, 0.15) is 5.82 Å². The zero-order chi connectivity index (χ0) is 18.9. The number of hydrogen-bond acceptors (Lipinski definition) is 4. The van der Waals surface area contributed by atoms with Gasteiger partial charge in [-0.2, -0.15) is 11.8 Å². The molecule has 1 N–H and O–H groups in total. The van der Waals surface area contributed by atoms with E-state index < -0.39 is 5.41 Å². The standard InChI is InChI=1S/C20H26FN3O2S/c21-17-4-2-1-3-15(17)11-20(19(26)23-8-7-22-18(25)12-23)13-24(14-20)16-5-9-27-10-6-16/h1-4,16H,5-14H2,(H,22,25). The van der Waals surface area contributed by atoms with Gasteiger partial charge in [0.2, 0.25) is 11.8 Å². The molecule has 2 amide bonds. The van der Waals surface area contributed by atoms with Crippen LogP contribution >= 0.6 is 11.8 Å². The summed E-state index contributed by atoms with van der Waals surface area (Å²) >= 11 is 1.99. The van der Waals surface area contributed by atoms with Gasteiger partial charge in [0.05, 0.1) is 12.0 Å². The number of likely N-dealkylation sites (tertiary alicyclic amines) is 1. The Bertz CT molecular complexity index is 717. The lowest BCUT2D eigenvalue weighted by Gasteiger charge is -2.54. The van der Waals surface area contributed by atoms with Crippen molar-refractivity contribution in [2.45, 2.75) is 25.3 Å². The van der Waals surface area contributed by atoms with E-state index in [1.807, 2.05) is 17.8 Å². The predicted octanol–water partition coefficient (Wildman–Crippen LogP) is 1.52. The van der Waals surface area contributed by atoms with Crippen molar-refractivity contribution in [2.24, 2.45) is 5.41 Å². The van der Waals surface area contributed by atoms with Crippen LogP contribution in [0.2, 0.25) is 0 Å². The Morgan fingerprint density at radius 1 is 1.26 bits per heavy atom. The van der Waals surface area contributed by atoms with Crippen LogP contribution in [-0.2, 0) is 16.0 Å². The third-order valence-electron chi connectivity index (χ3n) is 5.98. The minimum Gasteiger partial charge on any atom is -0.353 e. The Kier molecular flexibility index (Phi) is 5.41. The lowest BCUT2D eigenvalue weighted by Crippen LogP contribution is -2.68. The van der Waals surface area contributed by atoms with Crippen LogP contribution in [-0.4, -0.2) is 71.9 Å². The number of nitrogens with zero attached hydrogens (tertiary/aromatic N) is 2. The largest absolute Gasteiger partial charge is 0.353 e. The fraction of sp³-hybridized carbons (Fsp3) is 0.600. The van der Waals surface area contributed by atoms with E-state index in [2.05, 4.69) is 10.2 Å². The monoisotopic (exact) mass is 391 g/mol. The Labute approximate surface area is 163 Å². The SMILES string of the molecule is O=C1CN(C(=O)C2(Cc3ccccc3F)CN(C3CCSCC3)C2)CCN1. The fourth-order valence-electron chi connectivity index (χ4n) is 4.52. The number of rotatable bonds is 4. The van der Waals surface area contributed by atoms with Gasteiger partial charge in [0.25, 0.3) is 0 Å². The number of benzene rings is 1. The predicted molar refractivity (Wildman–Crippen MR) is 104 cm³/mol. The number of carbonyl (C=O) groups excluding carboxylic acids is 2. The normalized spacial score (nSPS) is 23.6. The Balaban J connectivity index is 1.53. The molecule has 3 aliphatic rings. The molecule has 1 aromatic carbocycles. The van der Waals surface area contributed by atoms with Gasteiger partial charge in [-0.05, 0) is 42.4 Å². The Morgan fingerprint density at radius 3 is 2.70 bits per heavy atom. The van der Waals surface area contributed by atoms with Gasteiger partial charge < -0.3 is 10.2 Å². The highest BCUT2D eigenvalue weighted by Gasteiger charge is 2.53. The lowest BCUT2D eigenvalue weighted by molar-refractivity contribution is -0.159. The molecule has 0 atom stereocenters. The third-order valence-corrected chi connectivity index (χ3v) is 7.03. The van der Waals surface area contributed by atoms with E-state index in [1.54, 1.807) is 17.0 Å². The smallest absolute Gasteiger partial charge is 0.239 e. The van der Waals surface area contributed by atoms with Crippen molar-refractivity contribution in [2.75, 3.05) is 44.2 Å². The molecule has 0 spiro atoms. The average molecular weight is 392 g/mol. The first-order valence-corrected chi connectivity index (χ1v) is 10.8. The molecule has 27 heavy (non-hydrogen) atoms. The fourth-order valence-corrected chi connectivity index (χ4v) is 5.60. The molecule has 0 unspecified atom stereocenters. The molecule has 0 aliphatic carbocycles. The maximum atomic E-state index is 14.3. The summed E-state index contributed by atoms with van der Waals surface area (Å²) in [5, 5.41) is 2.77. The summed E-state index contributed by atoms with van der Waals surface area (Å²) in [7, 11) is 0. The van der Waals surface area contributed by atoms with E-state index in [0.717, 1.165) is 12.8 Å². The van der Waals surface area contributed by atoms with Crippen molar-refractivity contribution in [1.82, 2.24) is 15.1 Å². The average Bonchev–Trinajstić information content (AvgIpc) is 2.66. The highest BCUT2D eigenvalue weighted by atomic mass is 32.2. The molecular weight excluding hydrogens is 365 g/mol. The van der Waals surface area contributed by atoms with E-state index in [1.165, 1.54) is 17.6 Å². The van der Waals surface area contributed by atoms with E-state index in [-0.39, 0.29) is 24.2 Å². The lowest BCUT2D eigenvalue weighted by atomic mass is 9.72. The number of hydrogen-bond donors (Lipinski definition) is 1. The van der Waals surface area contributed by atoms with Crippen LogP contribution in [0, 0.1) is 11.2 Å². The quantitative estimate of drug-likeness (QED) is 0.846. The van der Waals surface area contributed by atoms with Crippen molar-refractivity contribution in [3.05, 3.63) is 35.6 Å². The summed E-state index contributed by atoms with van der Waals surface area (Å²) < 4.78 is 14.3. The van der Waals surface area contributed by atoms with Crippen LogP contribution in [0.3, 0.4) is 0 Å². The zero-order valence-corrected chi connectivity index (χ0v) is 16.3. The summed E-state index contributed by atoms with van der Waals surface area (Å²) in [6, 6.07) is 7.25. The number of nitrogens with one attached hydrogen (secondary N) is 1. The highest BCUT2D eigenvalue weighted by Crippen LogP contribution is 2.40. The van der Waals surface area contributed by atoms with Gasteiger partial charge in [-0.15, -0.1) is 0 Å². The van der Waals surface area contributed by atoms with Crippen LogP contribution in [0.1, 0.15) is 18.4 Å². The molecule has 0 bridgehead atoms. The van der Waals surface area contributed by atoms with Crippen molar-refractivity contribution in [3.63, 3.8) is 0 Å². The van der Waals surface area contributed by atoms with Crippen molar-refractivity contribution in [1.29, 1.82) is 0 Å². The van der Waals surface area contributed by atoms with E-state index in [0.29, 0.717) is 44.2 Å². The number of thioether (sulfide) groups is 1. The second-order valence-electron chi connectivity index (χ2n) is 7.87. The van der Waals surface area contributed by atoms with E-state index in [4.69, 9.17) is 0 Å². The molecule has 3 fully saturated rings. The topological polar surface area (TPSA) is 52.7 Å². The number of carbonyl (C=O) groups is 2. The van der Waals surface area contributed by atoms with E-state index in [9.17, 15) is 14.0 Å². The Hall–Kier alpha value is -1.60. The Morgan fingerprint density at radius 2 is 2.00 bits per heavy atom. The molecule has 3 heterocycles. The molecule has 0 saturated carbocycles. The maximum absolute atomic E-state index is 14.3. The van der Waals surface area contributed by atoms with Gasteiger partial charge >= 0.3 is 0 Å². The first-order valence-electron chi connectivity index (χ1n) is 9.69. The summed E-state index contributed by atoms with van der Waals surface area (Å²) in [5.41, 5.74) is -0.0316. The van der Waals surface area contributed by atoms with Crippen LogP contribution in [0.25, 0.3) is 0 Å². The maximum Gasteiger partial charge on any atom is 0.239 e. The molecule has 3 aliphatic heterocycles. The van der Waals surface area contributed by atoms with Crippen LogP contribution < -0.4 is 5.32 Å². The first-order chi connectivity index (χ1) is 13.1. The molecule has 5 nitrogen and oxygen atoms in total. The summed E-state index contributed by atoms with van der Waals surface area (Å²) in [6.07, 6.45) is 2.70. The van der Waals surface area contributed by atoms with Gasteiger partial charge in [0.15, 0.2) is 0 Å². The molecule has 4 rings (SSSR count). The van der Waals surface area contributed by atoms with E-state index >= 15 is 0 Å². The third kappa shape index (κ3) is 3.85. The molecule has 7 heteroatoms. The molecule has 146 valence electrons. The molecule has 0 radical (unpaired) electrons. The van der Waals surface area contributed by atoms with Crippen LogP contribution in [0.15, 0.2) is 24.3 Å². The number of piperazine rings is 1. The summed E-state index contributed by atoms with van der Waals surface area (Å²) in [6.45, 7) is 2.45. The second kappa shape index (κ2) is 7.80. The zero-order valence-electron chi connectivity index (χ0n) is 15.5. The number of halogens is 1.